The summed E-state index contributed by atoms with van der Waals surface area (Å²) in [4.78, 5) is 11.9. The third kappa shape index (κ3) is 3.95. The Morgan fingerprint density at radius 1 is 1.24 bits per heavy atom. The van der Waals surface area contributed by atoms with Gasteiger partial charge in [0.15, 0.2) is 0 Å². The highest BCUT2D eigenvalue weighted by atomic mass is 19.1. The van der Waals surface area contributed by atoms with E-state index in [1.165, 1.54) is 6.07 Å². The zero-order chi connectivity index (χ0) is 15.2. The number of benzene rings is 2. The number of amides is 1. The number of nitrogens with one attached hydrogen (secondary N) is 1. The van der Waals surface area contributed by atoms with E-state index < -0.39 is 11.7 Å². The number of hydrogen-bond acceptors (Lipinski definition) is 3. The van der Waals surface area contributed by atoms with Crippen molar-refractivity contribution in [2.24, 2.45) is 0 Å². The number of carbonyl (C=O) groups is 1. The van der Waals surface area contributed by atoms with Gasteiger partial charge in [0, 0.05) is 5.69 Å². The summed E-state index contributed by atoms with van der Waals surface area (Å²) in [7, 11) is 0. The first-order valence-corrected chi connectivity index (χ1v) is 6.59. The van der Waals surface area contributed by atoms with Crippen molar-refractivity contribution in [2.75, 3.05) is 18.9 Å². The van der Waals surface area contributed by atoms with Crippen LogP contribution in [0.5, 0.6) is 5.75 Å². The number of rotatable bonds is 5. The summed E-state index contributed by atoms with van der Waals surface area (Å²) in [5, 5.41) is 2.62. The van der Waals surface area contributed by atoms with Crippen LogP contribution in [0.25, 0.3) is 0 Å². The number of nitrogens with two attached hydrogens (primary N) is 1. The van der Waals surface area contributed by atoms with Gasteiger partial charge in [-0.3, -0.25) is 4.79 Å². The molecule has 0 spiro atoms. The summed E-state index contributed by atoms with van der Waals surface area (Å²) in [5.41, 5.74) is 6.71. The highest BCUT2D eigenvalue weighted by Gasteiger charge is 2.12. The zero-order valence-corrected chi connectivity index (χ0v) is 11.7. The van der Waals surface area contributed by atoms with Crippen LogP contribution in [0.15, 0.2) is 42.5 Å². The van der Waals surface area contributed by atoms with Crippen LogP contribution in [0, 0.1) is 12.7 Å². The van der Waals surface area contributed by atoms with E-state index in [1.807, 2.05) is 0 Å². The summed E-state index contributed by atoms with van der Waals surface area (Å²) in [5.74, 6) is -0.272. The summed E-state index contributed by atoms with van der Waals surface area (Å²) < 4.78 is 19.2. The normalized spacial score (nSPS) is 10.2. The minimum absolute atomic E-state index is 0.0440. The van der Waals surface area contributed by atoms with Gasteiger partial charge in [0.1, 0.15) is 18.2 Å². The quantitative estimate of drug-likeness (QED) is 0.656. The fourth-order valence-electron chi connectivity index (χ4n) is 1.82. The third-order valence-electron chi connectivity index (χ3n) is 2.97. The fourth-order valence-corrected chi connectivity index (χ4v) is 1.82. The molecule has 2 rings (SSSR count). The lowest BCUT2D eigenvalue weighted by Crippen LogP contribution is -2.29. The largest absolute Gasteiger partial charge is 0.492 e. The number of hydrogen-bond donors (Lipinski definition) is 2. The minimum Gasteiger partial charge on any atom is -0.492 e. The van der Waals surface area contributed by atoms with Gasteiger partial charge in [0.05, 0.1) is 12.1 Å². The van der Waals surface area contributed by atoms with Crippen LogP contribution < -0.4 is 15.8 Å². The molecule has 4 nitrogen and oxygen atoms in total. The smallest absolute Gasteiger partial charge is 0.254 e. The molecule has 0 fully saturated rings. The third-order valence-corrected chi connectivity index (χ3v) is 2.97. The Morgan fingerprint density at radius 2 is 1.95 bits per heavy atom. The molecule has 2 aromatic carbocycles. The Morgan fingerprint density at radius 3 is 2.67 bits per heavy atom. The molecule has 0 aliphatic heterocycles. The van der Waals surface area contributed by atoms with E-state index in [4.69, 9.17) is 10.5 Å². The van der Waals surface area contributed by atoms with Crippen LogP contribution in [0.2, 0.25) is 0 Å². The molecule has 0 unspecified atom stereocenters. The number of anilines is 1. The second-order valence-electron chi connectivity index (χ2n) is 4.61. The lowest BCUT2D eigenvalue weighted by Gasteiger charge is -2.09. The molecule has 0 bridgehead atoms. The van der Waals surface area contributed by atoms with Gasteiger partial charge in [0.25, 0.3) is 5.91 Å². The predicted octanol–water partition coefficient (Wildman–Crippen LogP) is 2.53. The zero-order valence-electron chi connectivity index (χ0n) is 11.7. The number of nitrogen functional groups attached to an aromatic ring is 1. The highest BCUT2D eigenvalue weighted by Crippen LogP contribution is 2.13. The van der Waals surface area contributed by atoms with Crippen LogP contribution in [-0.4, -0.2) is 19.1 Å². The van der Waals surface area contributed by atoms with Crippen molar-refractivity contribution in [3.63, 3.8) is 0 Å². The molecule has 0 heterocycles. The minimum atomic E-state index is -0.491. The van der Waals surface area contributed by atoms with Gasteiger partial charge in [-0.05, 0) is 42.8 Å². The second kappa shape index (κ2) is 6.74. The average Bonchev–Trinajstić information content (AvgIpc) is 2.48. The first-order chi connectivity index (χ1) is 10.1. The van der Waals surface area contributed by atoms with Crippen LogP contribution in [0.1, 0.15) is 15.9 Å². The lowest BCUT2D eigenvalue weighted by molar-refractivity contribution is 0.0943. The van der Waals surface area contributed by atoms with Gasteiger partial charge >= 0.3 is 0 Å². The van der Waals surface area contributed by atoms with E-state index in [-0.39, 0.29) is 12.1 Å². The molecule has 0 radical (unpaired) electrons. The molecule has 21 heavy (non-hydrogen) atoms. The highest BCUT2D eigenvalue weighted by molar-refractivity contribution is 5.94. The molecule has 0 atom stereocenters. The molecule has 0 saturated carbocycles. The topological polar surface area (TPSA) is 64.3 Å². The SMILES string of the molecule is Cc1cccc(C(=O)NCCOc2ccc(N)cc2)c1F. The van der Waals surface area contributed by atoms with E-state index in [2.05, 4.69) is 5.32 Å². The molecule has 2 aromatic rings. The van der Waals surface area contributed by atoms with E-state index in [1.54, 1.807) is 43.3 Å². The number of ether oxygens (including phenoxy) is 1. The summed E-state index contributed by atoms with van der Waals surface area (Å²) in [6.45, 7) is 2.20. The number of halogens is 1. The Labute approximate surface area is 122 Å². The molecule has 0 aliphatic carbocycles. The summed E-state index contributed by atoms with van der Waals surface area (Å²) in [6.07, 6.45) is 0. The fraction of sp³-hybridized carbons (Fsp3) is 0.188. The maximum absolute atomic E-state index is 13.8. The van der Waals surface area contributed by atoms with Gasteiger partial charge < -0.3 is 15.8 Å². The van der Waals surface area contributed by atoms with Crippen molar-refractivity contribution in [1.82, 2.24) is 5.32 Å². The van der Waals surface area contributed by atoms with Crippen LogP contribution in [-0.2, 0) is 0 Å². The molecule has 0 saturated heterocycles. The molecule has 110 valence electrons. The first-order valence-electron chi connectivity index (χ1n) is 6.59. The molecule has 3 N–H and O–H groups in total. The average molecular weight is 288 g/mol. The van der Waals surface area contributed by atoms with E-state index in [9.17, 15) is 9.18 Å². The van der Waals surface area contributed by atoms with E-state index in [0.29, 0.717) is 23.6 Å². The molecule has 5 heteroatoms. The maximum atomic E-state index is 13.8. The van der Waals surface area contributed by atoms with Crippen LogP contribution in [0.3, 0.4) is 0 Å². The second-order valence-corrected chi connectivity index (χ2v) is 4.61. The van der Waals surface area contributed by atoms with Crippen molar-refractivity contribution in [3.05, 3.63) is 59.4 Å². The monoisotopic (exact) mass is 288 g/mol. The van der Waals surface area contributed by atoms with E-state index in [0.717, 1.165) is 0 Å². The number of carbonyl (C=O) groups excluding carboxylic acids is 1. The van der Waals surface area contributed by atoms with Crippen LogP contribution >= 0.6 is 0 Å². The van der Waals surface area contributed by atoms with Gasteiger partial charge in [-0.15, -0.1) is 0 Å². The van der Waals surface area contributed by atoms with Crippen molar-refractivity contribution >= 4 is 11.6 Å². The van der Waals surface area contributed by atoms with Gasteiger partial charge in [-0.2, -0.15) is 0 Å². The van der Waals surface area contributed by atoms with E-state index >= 15 is 0 Å². The lowest BCUT2D eigenvalue weighted by atomic mass is 10.1. The molecule has 0 aromatic heterocycles. The first kappa shape index (κ1) is 14.8. The Hall–Kier alpha value is -2.56. The van der Waals surface area contributed by atoms with Crippen molar-refractivity contribution < 1.29 is 13.9 Å². The van der Waals surface area contributed by atoms with Gasteiger partial charge in [0.2, 0.25) is 0 Å². The standard InChI is InChI=1S/C16H17FN2O2/c1-11-3-2-4-14(15(11)17)16(20)19-9-10-21-13-7-5-12(18)6-8-13/h2-8H,9-10,18H2,1H3,(H,19,20). The summed E-state index contributed by atoms with van der Waals surface area (Å²) in [6, 6.07) is 11.7. The predicted molar refractivity (Wildman–Crippen MR) is 79.8 cm³/mol. The number of aryl methyl sites for hydroxylation is 1. The Kier molecular flexibility index (Phi) is 4.77. The van der Waals surface area contributed by atoms with Crippen molar-refractivity contribution in [1.29, 1.82) is 0 Å². The summed E-state index contributed by atoms with van der Waals surface area (Å²) >= 11 is 0. The van der Waals surface area contributed by atoms with Gasteiger partial charge in [-0.1, -0.05) is 12.1 Å². The van der Waals surface area contributed by atoms with Crippen molar-refractivity contribution in [2.45, 2.75) is 6.92 Å². The molecule has 0 aliphatic rings. The Bertz CT molecular complexity index is 627. The Balaban J connectivity index is 1.82. The molecule has 1 amide bonds. The van der Waals surface area contributed by atoms with Crippen LogP contribution in [0.4, 0.5) is 10.1 Å². The van der Waals surface area contributed by atoms with Gasteiger partial charge in [-0.25, -0.2) is 4.39 Å². The maximum Gasteiger partial charge on any atom is 0.254 e. The molecular weight excluding hydrogens is 271 g/mol. The van der Waals surface area contributed by atoms with Crippen molar-refractivity contribution in [3.8, 4) is 5.75 Å². The molecular formula is C16H17FN2O2.